The zero-order valence-electron chi connectivity index (χ0n) is 8.93. The molecule has 1 rings (SSSR count). The van der Waals surface area contributed by atoms with Crippen LogP contribution in [0.3, 0.4) is 0 Å². The molecule has 0 radical (unpaired) electrons. The predicted octanol–water partition coefficient (Wildman–Crippen LogP) is 1.74. The number of amides is 1. The largest absolute Gasteiger partial charge is 0.477 e. The number of pyridine rings is 1. The van der Waals surface area contributed by atoms with Crippen molar-refractivity contribution in [2.75, 3.05) is 5.32 Å². The molecule has 0 spiro atoms. The van der Waals surface area contributed by atoms with Crippen LogP contribution in [0.15, 0.2) is 18.2 Å². The summed E-state index contributed by atoms with van der Waals surface area (Å²) < 4.78 is 4.82. The third kappa shape index (κ3) is 3.56. The van der Waals surface area contributed by atoms with E-state index in [9.17, 15) is 9.59 Å². The van der Waals surface area contributed by atoms with Crippen molar-refractivity contribution in [1.29, 1.82) is 0 Å². The van der Waals surface area contributed by atoms with E-state index < -0.39 is 12.1 Å². The second kappa shape index (κ2) is 5.11. The van der Waals surface area contributed by atoms with Gasteiger partial charge in [0.05, 0.1) is 6.10 Å². The zero-order chi connectivity index (χ0) is 12.1. The molecule has 0 saturated heterocycles. The Balaban J connectivity index is 2.70. The normalized spacial score (nSPS) is 9.94. The van der Waals surface area contributed by atoms with E-state index in [1.165, 1.54) is 18.2 Å². The van der Waals surface area contributed by atoms with Crippen LogP contribution in [-0.2, 0) is 4.74 Å². The quantitative estimate of drug-likeness (QED) is 0.816. The van der Waals surface area contributed by atoms with Crippen LogP contribution in [0.2, 0.25) is 0 Å². The maximum absolute atomic E-state index is 11.2. The highest BCUT2D eigenvalue weighted by atomic mass is 16.6. The zero-order valence-corrected chi connectivity index (χ0v) is 8.93. The van der Waals surface area contributed by atoms with Crippen molar-refractivity contribution in [2.24, 2.45) is 0 Å². The number of anilines is 1. The Morgan fingerprint density at radius 2 is 2.12 bits per heavy atom. The van der Waals surface area contributed by atoms with Gasteiger partial charge in [-0.1, -0.05) is 6.07 Å². The Kier molecular flexibility index (Phi) is 3.82. The molecule has 0 aliphatic rings. The van der Waals surface area contributed by atoms with Gasteiger partial charge in [0.15, 0.2) is 5.69 Å². The first-order valence-electron chi connectivity index (χ1n) is 4.67. The molecule has 1 aromatic heterocycles. The van der Waals surface area contributed by atoms with Crippen LogP contribution in [0.5, 0.6) is 0 Å². The first kappa shape index (κ1) is 12.0. The predicted molar refractivity (Wildman–Crippen MR) is 56.4 cm³/mol. The monoisotopic (exact) mass is 224 g/mol. The van der Waals surface area contributed by atoms with Gasteiger partial charge in [-0.2, -0.15) is 0 Å². The molecule has 6 heteroatoms. The molecule has 0 bridgehead atoms. The van der Waals surface area contributed by atoms with Crippen molar-refractivity contribution in [1.82, 2.24) is 4.98 Å². The van der Waals surface area contributed by atoms with E-state index in [-0.39, 0.29) is 17.6 Å². The fourth-order valence-corrected chi connectivity index (χ4v) is 0.972. The molecule has 0 atom stereocenters. The van der Waals surface area contributed by atoms with E-state index in [4.69, 9.17) is 9.84 Å². The van der Waals surface area contributed by atoms with Crippen LogP contribution >= 0.6 is 0 Å². The number of rotatable bonds is 3. The summed E-state index contributed by atoms with van der Waals surface area (Å²) >= 11 is 0. The first-order valence-corrected chi connectivity index (χ1v) is 4.67. The Morgan fingerprint density at radius 1 is 1.44 bits per heavy atom. The van der Waals surface area contributed by atoms with E-state index >= 15 is 0 Å². The summed E-state index contributed by atoms with van der Waals surface area (Å²) in [5.74, 6) is -1.01. The lowest BCUT2D eigenvalue weighted by atomic mass is 10.3. The molecule has 0 aliphatic heterocycles. The lowest BCUT2D eigenvalue weighted by Gasteiger charge is -2.08. The summed E-state index contributed by atoms with van der Waals surface area (Å²) in [7, 11) is 0. The van der Waals surface area contributed by atoms with Gasteiger partial charge in [-0.15, -0.1) is 0 Å². The Morgan fingerprint density at radius 3 is 2.69 bits per heavy atom. The molecule has 86 valence electrons. The molecule has 1 heterocycles. The second-order valence-corrected chi connectivity index (χ2v) is 3.29. The van der Waals surface area contributed by atoms with Crippen LogP contribution in [0.4, 0.5) is 10.6 Å². The summed E-state index contributed by atoms with van der Waals surface area (Å²) in [6.07, 6.45) is -0.910. The molecular formula is C10H12N2O4. The lowest BCUT2D eigenvalue weighted by Crippen LogP contribution is -2.19. The van der Waals surface area contributed by atoms with Gasteiger partial charge >= 0.3 is 12.1 Å². The summed E-state index contributed by atoms with van der Waals surface area (Å²) in [4.78, 5) is 25.5. The van der Waals surface area contributed by atoms with Crippen LogP contribution in [0, 0.1) is 0 Å². The number of ether oxygens (including phenoxy) is 1. The van der Waals surface area contributed by atoms with E-state index in [0.717, 1.165) is 0 Å². The summed E-state index contributed by atoms with van der Waals surface area (Å²) in [5.41, 5.74) is -0.137. The number of aromatic nitrogens is 1. The lowest BCUT2D eigenvalue weighted by molar-refractivity contribution is 0.0690. The highest BCUT2D eigenvalue weighted by Crippen LogP contribution is 2.05. The SMILES string of the molecule is CC(C)OC(=O)Nc1cccc(C(=O)O)n1. The highest BCUT2D eigenvalue weighted by molar-refractivity contribution is 5.87. The number of nitrogens with zero attached hydrogens (tertiary/aromatic N) is 1. The molecule has 6 nitrogen and oxygen atoms in total. The van der Waals surface area contributed by atoms with Crippen molar-refractivity contribution in [3.05, 3.63) is 23.9 Å². The molecule has 0 saturated carbocycles. The molecule has 1 aromatic rings. The van der Waals surface area contributed by atoms with E-state index in [1.807, 2.05) is 0 Å². The molecule has 2 N–H and O–H groups in total. The Hall–Kier alpha value is -2.11. The molecule has 0 aliphatic carbocycles. The molecule has 0 fully saturated rings. The van der Waals surface area contributed by atoms with Gasteiger partial charge in [-0.25, -0.2) is 14.6 Å². The average molecular weight is 224 g/mol. The summed E-state index contributed by atoms with van der Waals surface area (Å²) in [6, 6.07) is 4.30. The van der Waals surface area contributed by atoms with Crippen molar-refractivity contribution >= 4 is 17.9 Å². The fraction of sp³-hybridized carbons (Fsp3) is 0.300. The van der Waals surface area contributed by atoms with Crippen LogP contribution in [0.1, 0.15) is 24.3 Å². The fourth-order valence-electron chi connectivity index (χ4n) is 0.972. The standard InChI is InChI=1S/C10H12N2O4/c1-6(2)16-10(15)12-8-5-3-4-7(11-8)9(13)14/h3-6H,1-2H3,(H,13,14)(H,11,12,15). The number of carbonyl (C=O) groups excluding carboxylic acids is 1. The van der Waals surface area contributed by atoms with E-state index in [1.54, 1.807) is 13.8 Å². The number of aromatic carboxylic acids is 1. The van der Waals surface area contributed by atoms with Crippen LogP contribution in [0.25, 0.3) is 0 Å². The maximum atomic E-state index is 11.2. The smallest absolute Gasteiger partial charge is 0.413 e. The van der Waals surface area contributed by atoms with Crippen molar-refractivity contribution < 1.29 is 19.4 Å². The van der Waals surface area contributed by atoms with E-state index in [2.05, 4.69) is 10.3 Å². The number of hydrogen-bond acceptors (Lipinski definition) is 4. The maximum Gasteiger partial charge on any atom is 0.413 e. The number of carboxylic acid groups (broad SMARTS) is 1. The Bertz CT molecular complexity index is 404. The minimum atomic E-state index is -1.15. The summed E-state index contributed by atoms with van der Waals surface area (Å²) in [6.45, 7) is 3.42. The number of carbonyl (C=O) groups is 2. The topological polar surface area (TPSA) is 88.5 Å². The first-order chi connectivity index (χ1) is 7.49. The third-order valence-electron chi connectivity index (χ3n) is 1.54. The molecular weight excluding hydrogens is 212 g/mol. The van der Waals surface area contributed by atoms with Crippen molar-refractivity contribution in [2.45, 2.75) is 20.0 Å². The Labute approximate surface area is 92.3 Å². The molecule has 0 unspecified atom stereocenters. The van der Waals surface area contributed by atoms with Crippen LogP contribution < -0.4 is 5.32 Å². The van der Waals surface area contributed by atoms with Gasteiger partial charge in [0.25, 0.3) is 0 Å². The minimum Gasteiger partial charge on any atom is -0.477 e. The minimum absolute atomic E-state index is 0.137. The van der Waals surface area contributed by atoms with E-state index in [0.29, 0.717) is 0 Å². The van der Waals surface area contributed by atoms with Gasteiger partial charge in [0.2, 0.25) is 0 Å². The average Bonchev–Trinajstić information content (AvgIpc) is 2.16. The number of carboxylic acids is 1. The van der Waals surface area contributed by atoms with Gasteiger partial charge in [0, 0.05) is 0 Å². The highest BCUT2D eigenvalue weighted by Gasteiger charge is 2.09. The van der Waals surface area contributed by atoms with Gasteiger partial charge in [-0.3, -0.25) is 5.32 Å². The van der Waals surface area contributed by atoms with Crippen molar-refractivity contribution in [3.63, 3.8) is 0 Å². The molecule has 1 amide bonds. The van der Waals surface area contributed by atoms with Crippen LogP contribution in [-0.4, -0.2) is 28.3 Å². The third-order valence-corrected chi connectivity index (χ3v) is 1.54. The molecule has 16 heavy (non-hydrogen) atoms. The number of hydrogen-bond donors (Lipinski definition) is 2. The number of nitrogens with one attached hydrogen (secondary N) is 1. The van der Waals surface area contributed by atoms with Gasteiger partial charge in [0.1, 0.15) is 5.82 Å². The second-order valence-electron chi connectivity index (χ2n) is 3.29. The van der Waals surface area contributed by atoms with Gasteiger partial charge in [-0.05, 0) is 26.0 Å². The molecule has 0 aromatic carbocycles. The van der Waals surface area contributed by atoms with Gasteiger partial charge < -0.3 is 9.84 Å². The summed E-state index contributed by atoms with van der Waals surface area (Å²) in [5, 5.41) is 11.0. The van der Waals surface area contributed by atoms with Crippen molar-refractivity contribution in [3.8, 4) is 0 Å².